The first-order valence-electron chi connectivity index (χ1n) is 8.50. The molecule has 1 unspecified atom stereocenters. The molecule has 7 heteroatoms. The maximum absolute atomic E-state index is 14.5. The molecule has 0 saturated carbocycles. The van der Waals surface area contributed by atoms with Crippen LogP contribution in [0.5, 0.6) is 0 Å². The second-order valence-electron chi connectivity index (χ2n) is 7.40. The standard InChI is InChI=1S/C20H18Cl3FN2.ClH/c1-19(14-6-15(21)18(23)16(22)7-14)8-17(26-9-19)12-2-4-13(5-3-12)20(24)10-25-11-20;/h2-7,25H,8-11H2,1H3;1H. The van der Waals surface area contributed by atoms with Crippen LogP contribution in [0.15, 0.2) is 41.4 Å². The fraction of sp³-hybridized carbons (Fsp3) is 0.350. The zero-order valence-electron chi connectivity index (χ0n) is 14.7. The lowest BCUT2D eigenvalue weighted by molar-refractivity contribution is 0.0891. The maximum atomic E-state index is 14.5. The van der Waals surface area contributed by atoms with E-state index in [0.29, 0.717) is 34.7 Å². The van der Waals surface area contributed by atoms with Crippen molar-refractivity contribution in [1.82, 2.24) is 5.32 Å². The van der Waals surface area contributed by atoms with Gasteiger partial charge in [0.25, 0.3) is 0 Å². The number of nitrogens with one attached hydrogen (secondary N) is 1. The topological polar surface area (TPSA) is 24.4 Å². The van der Waals surface area contributed by atoms with Gasteiger partial charge in [0.05, 0.1) is 15.1 Å². The van der Waals surface area contributed by atoms with Gasteiger partial charge in [0.15, 0.2) is 5.67 Å². The molecule has 0 aliphatic carbocycles. The van der Waals surface area contributed by atoms with Gasteiger partial charge in [0.1, 0.15) is 0 Å². The third-order valence-corrected chi connectivity index (χ3v) is 6.60. The molecule has 1 N–H and O–H groups in total. The first kappa shape index (κ1) is 20.9. The molecule has 2 aromatic carbocycles. The minimum absolute atomic E-state index is 0. The predicted octanol–water partition coefficient (Wildman–Crippen LogP) is 5.99. The van der Waals surface area contributed by atoms with Gasteiger partial charge in [-0.25, -0.2) is 4.39 Å². The lowest BCUT2D eigenvalue weighted by Crippen LogP contribution is -2.53. The Labute approximate surface area is 179 Å². The van der Waals surface area contributed by atoms with Crippen LogP contribution in [0.25, 0.3) is 0 Å². The number of alkyl halides is 1. The fourth-order valence-corrected chi connectivity index (χ4v) is 4.15. The van der Waals surface area contributed by atoms with E-state index in [9.17, 15) is 4.39 Å². The SMILES string of the molecule is CC1(c2cc(Cl)c(Cl)c(Cl)c2)CN=C(c2ccc(C3(F)CNC3)cc2)C1.Cl. The van der Waals surface area contributed by atoms with Crippen LogP contribution >= 0.6 is 47.2 Å². The Balaban J connectivity index is 0.00000210. The minimum atomic E-state index is -1.23. The van der Waals surface area contributed by atoms with Crippen molar-refractivity contribution in [3.8, 4) is 0 Å². The van der Waals surface area contributed by atoms with Gasteiger partial charge in [0, 0.05) is 37.2 Å². The molecule has 1 fully saturated rings. The van der Waals surface area contributed by atoms with Crippen LogP contribution in [0.3, 0.4) is 0 Å². The average molecular weight is 448 g/mol. The van der Waals surface area contributed by atoms with Gasteiger partial charge in [0.2, 0.25) is 0 Å². The van der Waals surface area contributed by atoms with E-state index in [0.717, 1.165) is 28.8 Å². The smallest absolute Gasteiger partial charge is 0.160 e. The number of benzene rings is 2. The Morgan fingerprint density at radius 2 is 1.59 bits per heavy atom. The normalized spacial score (nSPS) is 23.4. The van der Waals surface area contributed by atoms with Crippen LogP contribution in [0, 0.1) is 0 Å². The van der Waals surface area contributed by atoms with E-state index in [-0.39, 0.29) is 17.8 Å². The van der Waals surface area contributed by atoms with Gasteiger partial charge in [-0.15, -0.1) is 12.4 Å². The summed E-state index contributed by atoms with van der Waals surface area (Å²) in [5.74, 6) is 0. The quantitative estimate of drug-likeness (QED) is 0.574. The first-order chi connectivity index (χ1) is 12.3. The lowest BCUT2D eigenvalue weighted by atomic mass is 9.79. The molecule has 0 spiro atoms. The van der Waals surface area contributed by atoms with Crippen molar-refractivity contribution in [2.75, 3.05) is 19.6 Å². The van der Waals surface area contributed by atoms with E-state index in [1.807, 2.05) is 36.4 Å². The molecular formula is C20H19Cl4FN2. The zero-order chi connectivity index (χ0) is 18.5. The number of aliphatic imine (C=N–C) groups is 1. The fourth-order valence-electron chi connectivity index (χ4n) is 3.55. The largest absolute Gasteiger partial charge is 0.310 e. The molecule has 0 aromatic heterocycles. The van der Waals surface area contributed by atoms with Crippen molar-refractivity contribution in [3.05, 3.63) is 68.2 Å². The Morgan fingerprint density at radius 3 is 2.11 bits per heavy atom. The molecule has 27 heavy (non-hydrogen) atoms. The van der Waals surface area contributed by atoms with E-state index in [1.165, 1.54) is 0 Å². The van der Waals surface area contributed by atoms with Crippen molar-refractivity contribution < 1.29 is 4.39 Å². The highest BCUT2D eigenvalue weighted by Crippen LogP contribution is 2.40. The highest BCUT2D eigenvalue weighted by molar-refractivity contribution is 6.48. The molecule has 1 atom stereocenters. The monoisotopic (exact) mass is 446 g/mol. The van der Waals surface area contributed by atoms with E-state index in [4.69, 9.17) is 39.8 Å². The van der Waals surface area contributed by atoms with Gasteiger partial charge in [-0.05, 0) is 28.8 Å². The van der Waals surface area contributed by atoms with Crippen molar-refractivity contribution in [2.45, 2.75) is 24.4 Å². The Hall–Kier alpha value is -0.840. The molecule has 0 bridgehead atoms. The van der Waals surface area contributed by atoms with E-state index < -0.39 is 5.67 Å². The lowest BCUT2D eigenvalue weighted by Gasteiger charge is -2.35. The third-order valence-electron chi connectivity index (χ3n) is 5.40. The summed E-state index contributed by atoms with van der Waals surface area (Å²) in [6, 6.07) is 11.4. The highest BCUT2D eigenvalue weighted by atomic mass is 35.5. The maximum Gasteiger partial charge on any atom is 0.160 e. The number of rotatable bonds is 3. The van der Waals surface area contributed by atoms with Crippen LogP contribution < -0.4 is 5.32 Å². The molecular weight excluding hydrogens is 429 g/mol. The number of hydrogen-bond acceptors (Lipinski definition) is 2. The number of nitrogens with zero attached hydrogens (tertiary/aromatic N) is 1. The molecule has 4 rings (SSSR count). The van der Waals surface area contributed by atoms with Gasteiger partial charge in [-0.3, -0.25) is 4.99 Å². The Morgan fingerprint density at radius 1 is 1.00 bits per heavy atom. The van der Waals surface area contributed by atoms with Crippen LogP contribution in [0.4, 0.5) is 4.39 Å². The summed E-state index contributed by atoms with van der Waals surface area (Å²) in [6.45, 7) is 3.55. The van der Waals surface area contributed by atoms with E-state index in [2.05, 4.69) is 12.2 Å². The van der Waals surface area contributed by atoms with Gasteiger partial charge >= 0.3 is 0 Å². The number of halogens is 5. The Kier molecular flexibility index (Phi) is 5.82. The van der Waals surface area contributed by atoms with Crippen LogP contribution in [0.2, 0.25) is 15.1 Å². The summed E-state index contributed by atoms with van der Waals surface area (Å²) in [5.41, 5.74) is 2.36. The summed E-state index contributed by atoms with van der Waals surface area (Å²) in [7, 11) is 0. The third kappa shape index (κ3) is 3.73. The summed E-state index contributed by atoms with van der Waals surface area (Å²) in [4.78, 5) is 4.73. The predicted molar refractivity (Wildman–Crippen MR) is 114 cm³/mol. The van der Waals surface area contributed by atoms with Crippen molar-refractivity contribution >= 4 is 52.9 Å². The van der Waals surface area contributed by atoms with Crippen molar-refractivity contribution in [3.63, 3.8) is 0 Å². The summed E-state index contributed by atoms with van der Waals surface area (Å²) in [6.07, 6.45) is 0.767. The highest BCUT2D eigenvalue weighted by Gasteiger charge is 2.39. The molecule has 2 nitrogen and oxygen atoms in total. The second kappa shape index (κ2) is 7.53. The summed E-state index contributed by atoms with van der Waals surface area (Å²) >= 11 is 18.5. The zero-order valence-corrected chi connectivity index (χ0v) is 17.7. The Bertz CT molecular complexity index is 870. The van der Waals surface area contributed by atoms with E-state index in [1.54, 1.807) is 0 Å². The van der Waals surface area contributed by atoms with Crippen LogP contribution in [-0.4, -0.2) is 25.3 Å². The summed E-state index contributed by atoms with van der Waals surface area (Å²) in [5, 5.41) is 4.27. The second-order valence-corrected chi connectivity index (χ2v) is 8.59. The molecule has 144 valence electrons. The molecule has 0 radical (unpaired) electrons. The van der Waals surface area contributed by atoms with E-state index >= 15 is 0 Å². The molecule has 2 heterocycles. The molecule has 2 aliphatic rings. The van der Waals surface area contributed by atoms with Gasteiger partial charge in [-0.1, -0.05) is 66.0 Å². The molecule has 2 aliphatic heterocycles. The first-order valence-corrected chi connectivity index (χ1v) is 9.63. The van der Waals surface area contributed by atoms with Crippen molar-refractivity contribution in [1.29, 1.82) is 0 Å². The van der Waals surface area contributed by atoms with Crippen LogP contribution in [0.1, 0.15) is 30.0 Å². The van der Waals surface area contributed by atoms with Crippen molar-refractivity contribution in [2.24, 2.45) is 4.99 Å². The molecule has 1 saturated heterocycles. The number of hydrogen-bond donors (Lipinski definition) is 1. The molecule has 2 aromatic rings. The van der Waals surface area contributed by atoms with Crippen LogP contribution in [-0.2, 0) is 11.1 Å². The van der Waals surface area contributed by atoms with Gasteiger partial charge < -0.3 is 5.32 Å². The minimum Gasteiger partial charge on any atom is -0.310 e. The molecule has 0 amide bonds. The summed E-state index contributed by atoms with van der Waals surface area (Å²) < 4.78 is 14.5. The van der Waals surface area contributed by atoms with Gasteiger partial charge in [-0.2, -0.15) is 0 Å². The average Bonchev–Trinajstić information content (AvgIpc) is 3.01.